The van der Waals surface area contributed by atoms with Crippen LogP contribution < -0.4 is 5.32 Å². The predicted octanol–water partition coefficient (Wildman–Crippen LogP) is 3.30. The van der Waals surface area contributed by atoms with Crippen molar-refractivity contribution in [1.29, 1.82) is 0 Å². The van der Waals surface area contributed by atoms with Crippen molar-refractivity contribution in [3.8, 4) is 0 Å². The summed E-state index contributed by atoms with van der Waals surface area (Å²) in [7, 11) is 0. The van der Waals surface area contributed by atoms with Crippen LogP contribution in [0, 0.1) is 10.5 Å². The maximum atomic E-state index is 11.9. The fourth-order valence-electron chi connectivity index (χ4n) is 1.29. The van der Waals surface area contributed by atoms with Crippen molar-refractivity contribution >= 4 is 45.8 Å². The molecule has 4 nitrogen and oxygen atoms in total. The van der Waals surface area contributed by atoms with Gasteiger partial charge in [0.1, 0.15) is 5.69 Å². The molecule has 0 aliphatic rings. The number of carbonyl (C=O) groups is 1. The van der Waals surface area contributed by atoms with Crippen LogP contribution in [0.2, 0.25) is 5.02 Å². The molecule has 1 aromatic heterocycles. The highest BCUT2D eigenvalue weighted by molar-refractivity contribution is 14.1. The number of aromatic nitrogens is 2. The third-order valence-electron chi connectivity index (χ3n) is 2.19. The molecule has 1 heterocycles. The van der Waals surface area contributed by atoms with Crippen molar-refractivity contribution in [3.05, 3.63) is 50.6 Å². The zero-order valence-electron chi connectivity index (χ0n) is 9.45. The van der Waals surface area contributed by atoms with Crippen LogP contribution in [-0.2, 0) is 0 Å². The third-order valence-corrected chi connectivity index (χ3v) is 3.32. The second-order valence-electron chi connectivity index (χ2n) is 3.62. The van der Waals surface area contributed by atoms with E-state index >= 15 is 0 Å². The quantitative estimate of drug-likeness (QED) is 0.822. The highest BCUT2D eigenvalue weighted by atomic mass is 127. The largest absolute Gasteiger partial charge is 0.320 e. The van der Waals surface area contributed by atoms with Crippen LogP contribution in [-0.4, -0.2) is 15.9 Å². The van der Waals surface area contributed by atoms with Crippen LogP contribution in [0.1, 0.15) is 16.2 Å². The summed E-state index contributed by atoms with van der Waals surface area (Å²) in [4.78, 5) is 20.0. The van der Waals surface area contributed by atoms with Crippen LogP contribution in [0.15, 0.2) is 30.6 Å². The molecule has 0 aliphatic heterocycles. The molecule has 0 unspecified atom stereocenters. The minimum absolute atomic E-state index is 0.284. The lowest BCUT2D eigenvalue weighted by Crippen LogP contribution is -2.14. The van der Waals surface area contributed by atoms with E-state index in [4.69, 9.17) is 11.6 Å². The Morgan fingerprint density at radius 1 is 1.33 bits per heavy atom. The topological polar surface area (TPSA) is 54.9 Å². The van der Waals surface area contributed by atoms with Crippen molar-refractivity contribution in [2.24, 2.45) is 0 Å². The SMILES string of the molecule is Cc1cnc(C(=O)Nc2ccc(Cl)cc2I)cn1. The fourth-order valence-corrected chi connectivity index (χ4v) is 2.29. The molecule has 0 aliphatic carbocycles. The Bertz CT molecular complexity index is 586. The highest BCUT2D eigenvalue weighted by Crippen LogP contribution is 2.22. The van der Waals surface area contributed by atoms with E-state index in [1.165, 1.54) is 6.20 Å². The molecular formula is C12H9ClIN3O. The Labute approximate surface area is 123 Å². The van der Waals surface area contributed by atoms with Crippen LogP contribution in [0.4, 0.5) is 5.69 Å². The lowest BCUT2D eigenvalue weighted by Gasteiger charge is -2.07. The van der Waals surface area contributed by atoms with Gasteiger partial charge in [0.05, 0.1) is 17.6 Å². The first-order valence-corrected chi connectivity index (χ1v) is 6.57. The van der Waals surface area contributed by atoms with Gasteiger partial charge in [0.2, 0.25) is 0 Å². The molecule has 18 heavy (non-hydrogen) atoms. The van der Waals surface area contributed by atoms with Gasteiger partial charge in [-0.05, 0) is 47.7 Å². The van der Waals surface area contributed by atoms with Gasteiger partial charge in [0.25, 0.3) is 5.91 Å². The maximum absolute atomic E-state index is 11.9. The Kier molecular flexibility index (Phi) is 4.13. The summed E-state index contributed by atoms with van der Waals surface area (Å²) in [5.74, 6) is -0.289. The molecule has 0 radical (unpaired) electrons. The first-order chi connectivity index (χ1) is 8.56. The summed E-state index contributed by atoms with van der Waals surface area (Å²) in [5, 5.41) is 3.40. The third kappa shape index (κ3) is 3.17. The summed E-state index contributed by atoms with van der Waals surface area (Å²) in [6.07, 6.45) is 3.01. The summed E-state index contributed by atoms with van der Waals surface area (Å²) >= 11 is 7.96. The number of amides is 1. The van der Waals surface area contributed by atoms with E-state index in [-0.39, 0.29) is 11.6 Å². The molecule has 2 rings (SSSR count). The molecule has 0 saturated carbocycles. The summed E-state index contributed by atoms with van der Waals surface area (Å²) < 4.78 is 0.869. The lowest BCUT2D eigenvalue weighted by atomic mass is 10.3. The first kappa shape index (κ1) is 13.2. The number of hydrogen-bond donors (Lipinski definition) is 1. The van der Waals surface area contributed by atoms with Crippen molar-refractivity contribution in [2.75, 3.05) is 5.32 Å². The van der Waals surface area contributed by atoms with Crippen molar-refractivity contribution < 1.29 is 4.79 Å². The normalized spacial score (nSPS) is 10.2. The van der Waals surface area contributed by atoms with Gasteiger partial charge >= 0.3 is 0 Å². The number of rotatable bonds is 2. The van der Waals surface area contributed by atoms with Crippen molar-refractivity contribution in [3.63, 3.8) is 0 Å². The minimum Gasteiger partial charge on any atom is -0.320 e. The number of anilines is 1. The number of benzene rings is 1. The molecule has 0 bridgehead atoms. The summed E-state index contributed by atoms with van der Waals surface area (Å²) in [5.41, 5.74) is 1.76. The van der Waals surface area contributed by atoms with E-state index in [0.717, 1.165) is 9.26 Å². The fraction of sp³-hybridized carbons (Fsp3) is 0.0833. The van der Waals surface area contributed by atoms with Gasteiger partial charge in [-0.25, -0.2) is 4.98 Å². The molecule has 1 aromatic carbocycles. The van der Waals surface area contributed by atoms with Crippen LogP contribution in [0.5, 0.6) is 0 Å². The number of nitrogens with zero attached hydrogens (tertiary/aromatic N) is 2. The Morgan fingerprint density at radius 3 is 2.72 bits per heavy atom. The van der Waals surface area contributed by atoms with Crippen molar-refractivity contribution in [2.45, 2.75) is 6.92 Å². The summed E-state index contributed by atoms with van der Waals surface area (Å²) in [6.45, 7) is 1.82. The monoisotopic (exact) mass is 373 g/mol. The molecule has 0 fully saturated rings. The van der Waals surface area contributed by atoms with Crippen LogP contribution in [0.3, 0.4) is 0 Å². The second-order valence-corrected chi connectivity index (χ2v) is 5.22. The van der Waals surface area contributed by atoms with Gasteiger partial charge in [-0.1, -0.05) is 11.6 Å². The number of halogens is 2. The molecule has 0 spiro atoms. The van der Waals surface area contributed by atoms with Crippen LogP contribution in [0.25, 0.3) is 0 Å². The van der Waals surface area contributed by atoms with E-state index < -0.39 is 0 Å². The molecule has 1 amide bonds. The standard InChI is InChI=1S/C12H9ClIN3O/c1-7-5-16-11(6-15-7)12(18)17-10-3-2-8(13)4-9(10)14/h2-6H,1H3,(H,17,18). The number of nitrogens with one attached hydrogen (secondary N) is 1. The zero-order valence-corrected chi connectivity index (χ0v) is 12.4. The number of hydrogen-bond acceptors (Lipinski definition) is 3. The average Bonchev–Trinajstić information content (AvgIpc) is 2.33. The van der Waals surface area contributed by atoms with E-state index in [2.05, 4.69) is 37.9 Å². The Hall–Kier alpha value is -1.21. The Morgan fingerprint density at radius 2 is 2.11 bits per heavy atom. The average molecular weight is 374 g/mol. The van der Waals surface area contributed by atoms with Crippen LogP contribution >= 0.6 is 34.2 Å². The van der Waals surface area contributed by atoms with Crippen molar-refractivity contribution in [1.82, 2.24) is 9.97 Å². The molecular weight excluding hydrogens is 365 g/mol. The van der Waals surface area contributed by atoms with E-state index in [9.17, 15) is 4.79 Å². The van der Waals surface area contributed by atoms with E-state index in [1.54, 1.807) is 24.4 Å². The Balaban J connectivity index is 2.18. The van der Waals surface area contributed by atoms with Gasteiger partial charge in [0, 0.05) is 14.8 Å². The number of aryl methyl sites for hydroxylation is 1. The smallest absolute Gasteiger partial charge is 0.275 e. The maximum Gasteiger partial charge on any atom is 0.275 e. The minimum atomic E-state index is -0.289. The molecule has 1 N–H and O–H groups in total. The molecule has 6 heteroatoms. The molecule has 0 saturated heterocycles. The van der Waals surface area contributed by atoms with Gasteiger partial charge in [-0.3, -0.25) is 9.78 Å². The summed E-state index contributed by atoms with van der Waals surface area (Å²) in [6, 6.07) is 5.25. The van der Waals surface area contributed by atoms with E-state index in [1.807, 2.05) is 6.92 Å². The first-order valence-electron chi connectivity index (χ1n) is 5.11. The highest BCUT2D eigenvalue weighted by Gasteiger charge is 2.10. The molecule has 92 valence electrons. The lowest BCUT2D eigenvalue weighted by molar-refractivity contribution is 0.102. The van der Waals surface area contributed by atoms with Gasteiger partial charge in [-0.2, -0.15) is 0 Å². The molecule has 2 aromatic rings. The predicted molar refractivity (Wildman–Crippen MR) is 78.9 cm³/mol. The number of carbonyl (C=O) groups excluding carboxylic acids is 1. The van der Waals surface area contributed by atoms with Gasteiger partial charge in [-0.15, -0.1) is 0 Å². The zero-order chi connectivity index (χ0) is 13.1. The van der Waals surface area contributed by atoms with Gasteiger partial charge < -0.3 is 5.32 Å². The second kappa shape index (κ2) is 5.62. The molecule has 0 atom stereocenters. The van der Waals surface area contributed by atoms with E-state index in [0.29, 0.717) is 10.7 Å². The van der Waals surface area contributed by atoms with Gasteiger partial charge in [0.15, 0.2) is 0 Å².